The molecule has 0 unspecified atom stereocenters. The lowest BCUT2D eigenvalue weighted by Gasteiger charge is -2.40. The first-order valence-corrected chi connectivity index (χ1v) is 9.10. The molecule has 1 aromatic heterocycles. The summed E-state index contributed by atoms with van der Waals surface area (Å²) in [7, 11) is 3.46. The highest BCUT2D eigenvalue weighted by atomic mass is 16.5. The summed E-state index contributed by atoms with van der Waals surface area (Å²) < 4.78 is 6.87. The fraction of sp³-hybridized carbons (Fsp3) is 0.450. The van der Waals surface area contributed by atoms with Crippen LogP contribution in [-0.4, -0.2) is 64.2 Å². The van der Waals surface area contributed by atoms with Crippen LogP contribution in [0, 0.1) is 6.92 Å². The average molecular weight is 370 g/mol. The third kappa shape index (κ3) is 4.19. The van der Waals surface area contributed by atoms with Gasteiger partial charge in [0.05, 0.1) is 19.3 Å². The second kappa shape index (κ2) is 8.35. The van der Waals surface area contributed by atoms with Crippen molar-refractivity contribution in [2.75, 3.05) is 26.8 Å². The fourth-order valence-corrected chi connectivity index (χ4v) is 3.36. The lowest BCUT2D eigenvalue weighted by molar-refractivity contribution is -0.157. The Kier molecular flexibility index (Phi) is 5.91. The highest BCUT2D eigenvalue weighted by Gasteiger charge is 2.39. The van der Waals surface area contributed by atoms with E-state index in [4.69, 9.17) is 4.74 Å². The molecule has 27 heavy (non-hydrogen) atoms. The molecule has 0 saturated carbocycles. The summed E-state index contributed by atoms with van der Waals surface area (Å²) in [6.07, 6.45) is 2.26. The minimum Gasteiger partial charge on any atom is -0.383 e. The van der Waals surface area contributed by atoms with Gasteiger partial charge in [0.15, 0.2) is 0 Å². The molecule has 1 aromatic carbocycles. The lowest BCUT2D eigenvalue weighted by atomic mass is 10.00. The summed E-state index contributed by atoms with van der Waals surface area (Å²) in [6, 6.07) is 9.29. The molecule has 7 heteroatoms. The molecule has 1 atom stereocenters. The van der Waals surface area contributed by atoms with Gasteiger partial charge in [0.2, 0.25) is 11.8 Å². The third-order valence-electron chi connectivity index (χ3n) is 5.13. The molecular formula is C20H26N4O3. The van der Waals surface area contributed by atoms with E-state index in [2.05, 4.69) is 5.10 Å². The number of aromatic nitrogens is 2. The van der Waals surface area contributed by atoms with Gasteiger partial charge in [-0.15, -0.1) is 0 Å². The second-order valence-electron chi connectivity index (χ2n) is 6.86. The molecule has 144 valence electrons. The molecule has 2 aromatic rings. The van der Waals surface area contributed by atoms with Gasteiger partial charge in [0, 0.05) is 44.9 Å². The van der Waals surface area contributed by atoms with Crippen LogP contribution in [0.5, 0.6) is 0 Å². The number of amides is 2. The molecule has 1 aliphatic heterocycles. The van der Waals surface area contributed by atoms with Gasteiger partial charge in [-0.3, -0.25) is 14.3 Å². The Labute approximate surface area is 159 Å². The fourth-order valence-electron chi connectivity index (χ4n) is 3.36. The summed E-state index contributed by atoms with van der Waals surface area (Å²) in [6.45, 7) is 3.28. The van der Waals surface area contributed by atoms with E-state index < -0.39 is 6.04 Å². The van der Waals surface area contributed by atoms with Crippen molar-refractivity contribution in [1.82, 2.24) is 19.6 Å². The van der Waals surface area contributed by atoms with Crippen molar-refractivity contribution in [2.45, 2.75) is 25.9 Å². The van der Waals surface area contributed by atoms with Crippen molar-refractivity contribution in [3.05, 3.63) is 53.3 Å². The van der Waals surface area contributed by atoms with Gasteiger partial charge in [-0.05, 0) is 12.5 Å². The minimum absolute atomic E-state index is 0.0305. The Balaban J connectivity index is 1.87. The van der Waals surface area contributed by atoms with E-state index in [1.165, 1.54) is 0 Å². The Bertz CT molecular complexity index is 803. The molecule has 1 aliphatic rings. The van der Waals surface area contributed by atoms with E-state index >= 15 is 0 Å². The van der Waals surface area contributed by atoms with Crippen LogP contribution in [0.25, 0.3) is 0 Å². The largest absolute Gasteiger partial charge is 0.383 e. The maximum absolute atomic E-state index is 13.1. The van der Waals surface area contributed by atoms with E-state index in [9.17, 15) is 9.59 Å². The van der Waals surface area contributed by atoms with Gasteiger partial charge < -0.3 is 14.5 Å². The van der Waals surface area contributed by atoms with Crippen molar-refractivity contribution in [1.29, 1.82) is 0 Å². The van der Waals surface area contributed by atoms with Crippen LogP contribution in [0.4, 0.5) is 0 Å². The standard InChI is InChI=1S/C20H26N4O3/c1-15-17(12-21-22(15)2)13-24-18(11-16-7-5-4-6-8-16)20(26)23(9-10-27-3)14-19(24)25/h4-8,12,18H,9-11,13-14H2,1-3H3/t18-/m1/s1. The number of carbonyl (C=O) groups excluding carboxylic acids is 2. The smallest absolute Gasteiger partial charge is 0.246 e. The van der Waals surface area contributed by atoms with Crippen LogP contribution in [0.3, 0.4) is 0 Å². The monoisotopic (exact) mass is 370 g/mol. The molecule has 0 N–H and O–H groups in total. The first kappa shape index (κ1) is 19.1. The average Bonchev–Trinajstić information content (AvgIpc) is 2.99. The molecule has 1 fully saturated rings. The highest BCUT2D eigenvalue weighted by Crippen LogP contribution is 2.21. The molecule has 1 saturated heterocycles. The molecule has 0 bridgehead atoms. The van der Waals surface area contributed by atoms with Crippen molar-refractivity contribution >= 4 is 11.8 Å². The molecule has 2 heterocycles. The van der Waals surface area contributed by atoms with E-state index in [0.717, 1.165) is 16.8 Å². The number of aryl methyl sites for hydroxylation is 1. The van der Waals surface area contributed by atoms with Gasteiger partial charge in [0.1, 0.15) is 6.04 Å². The van der Waals surface area contributed by atoms with E-state index in [1.54, 1.807) is 27.8 Å². The van der Waals surface area contributed by atoms with Crippen LogP contribution >= 0.6 is 0 Å². The number of piperazine rings is 1. The van der Waals surface area contributed by atoms with Crippen molar-refractivity contribution < 1.29 is 14.3 Å². The Morgan fingerprint density at radius 2 is 1.96 bits per heavy atom. The topological polar surface area (TPSA) is 67.7 Å². The molecule has 3 rings (SSSR count). The predicted octanol–water partition coefficient (Wildman–Crippen LogP) is 1.16. The normalized spacial score (nSPS) is 17.7. The number of rotatable bonds is 7. The van der Waals surface area contributed by atoms with E-state index in [1.807, 2.05) is 44.3 Å². The summed E-state index contributed by atoms with van der Waals surface area (Å²) in [4.78, 5) is 29.3. The third-order valence-corrected chi connectivity index (χ3v) is 5.13. The zero-order valence-electron chi connectivity index (χ0n) is 16.1. The van der Waals surface area contributed by atoms with Crippen LogP contribution < -0.4 is 0 Å². The van der Waals surface area contributed by atoms with Crippen molar-refractivity contribution in [2.24, 2.45) is 7.05 Å². The van der Waals surface area contributed by atoms with Crippen LogP contribution in [0.2, 0.25) is 0 Å². The maximum Gasteiger partial charge on any atom is 0.246 e. The van der Waals surface area contributed by atoms with Gasteiger partial charge in [-0.2, -0.15) is 5.10 Å². The quantitative estimate of drug-likeness (QED) is 0.733. The molecule has 0 spiro atoms. The Morgan fingerprint density at radius 3 is 2.59 bits per heavy atom. The molecule has 7 nitrogen and oxygen atoms in total. The minimum atomic E-state index is -0.523. The number of nitrogens with zero attached hydrogens (tertiary/aromatic N) is 4. The molecule has 2 amide bonds. The molecular weight excluding hydrogens is 344 g/mol. The SMILES string of the molecule is COCCN1CC(=O)N(Cc2cnn(C)c2C)[C@H](Cc2ccccc2)C1=O. The van der Waals surface area contributed by atoms with Gasteiger partial charge in [-0.1, -0.05) is 30.3 Å². The first-order valence-electron chi connectivity index (χ1n) is 9.10. The highest BCUT2D eigenvalue weighted by molar-refractivity contribution is 5.95. The number of benzene rings is 1. The van der Waals surface area contributed by atoms with Crippen LogP contribution in [0.15, 0.2) is 36.5 Å². The summed E-state index contributed by atoms with van der Waals surface area (Å²) in [5.74, 6) is -0.0769. The molecule has 0 aliphatic carbocycles. The van der Waals surface area contributed by atoms with E-state index in [-0.39, 0.29) is 18.4 Å². The lowest BCUT2D eigenvalue weighted by Crippen LogP contribution is -2.60. The van der Waals surface area contributed by atoms with Gasteiger partial charge in [0.25, 0.3) is 0 Å². The molecule has 0 radical (unpaired) electrons. The van der Waals surface area contributed by atoms with Crippen LogP contribution in [-0.2, 0) is 34.3 Å². The summed E-state index contributed by atoms with van der Waals surface area (Å²) >= 11 is 0. The zero-order valence-corrected chi connectivity index (χ0v) is 16.1. The van der Waals surface area contributed by atoms with Gasteiger partial charge in [-0.25, -0.2) is 0 Å². The second-order valence-corrected chi connectivity index (χ2v) is 6.86. The van der Waals surface area contributed by atoms with Gasteiger partial charge >= 0.3 is 0 Å². The Hall–Kier alpha value is -2.67. The number of hydrogen-bond acceptors (Lipinski definition) is 4. The maximum atomic E-state index is 13.1. The van der Waals surface area contributed by atoms with Crippen LogP contribution in [0.1, 0.15) is 16.8 Å². The number of methoxy groups -OCH3 is 1. The predicted molar refractivity (Wildman–Crippen MR) is 101 cm³/mol. The Morgan fingerprint density at radius 1 is 1.22 bits per heavy atom. The van der Waals surface area contributed by atoms with E-state index in [0.29, 0.717) is 26.1 Å². The number of hydrogen-bond donors (Lipinski definition) is 0. The number of ether oxygens (including phenoxy) is 1. The first-order chi connectivity index (χ1) is 13.0. The van der Waals surface area contributed by atoms with Crippen molar-refractivity contribution in [3.63, 3.8) is 0 Å². The number of carbonyl (C=O) groups is 2. The summed E-state index contributed by atoms with van der Waals surface area (Å²) in [5, 5.41) is 4.26. The van der Waals surface area contributed by atoms with Crippen molar-refractivity contribution in [3.8, 4) is 0 Å². The zero-order chi connectivity index (χ0) is 19.4. The summed E-state index contributed by atoms with van der Waals surface area (Å²) in [5.41, 5.74) is 2.99.